The number of hydrogen-bond donors (Lipinski definition) is 1. The first-order valence-electron chi connectivity index (χ1n) is 8.52. The lowest BCUT2D eigenvalue weighted by Gasteiger charge is -2.26. The molecule has 0 atom stereocenters. The lowest BCUT2D eigenvalue weighted by atomic mass is 10.1. The predicted molar refractivity (Wildman–Crippen MR) is 105 cm³/mol. The molecule has 0 unspecified atom stereocenters. The average molecular weight is 411 g/mol. The van der Waals surface area contributed by atoms with E-state index < -0.39 is 0 Å². The van der Waals surface area contributed by atoms with E-state index in [2.05, 4.69) is 19.0 Å². The fourth-order valence-corrected chi connectivity index (χ4v) is 4.62. The van der Waals surface area contributed by atoms with Crippen molar-refractivity contribution in [2.75, 3.05) is 11.9 Å². The Balaban J connectivity index is 1.32. The van der Waals surface area contributed by atoms with Gasteiger partial charge in [-0.3, -0.25) is 14.9 Å². The van der Waals surface area contributed by atoms with Crippen LogP contribution in [0.1, 0.15) is 31.5 Å². The Morgan fingerprint density at radius 1 is 1.18 bits per heavy atom. The fraction of sp³-hybridized carbons (Fsp3) is 0.167. The number of anilines is 1. The molecular formula is C18H13N5O3S2. The lowest BCUT2D eigenvalue weighted by molar-refractivity contribution is 0.0736. The molecule has 2 amide bonds. The van der Waals surface area contributed by atoms with Gasteiger partial charge in [-0.2, -0.15) is 8.75 Å². The van der Waals surface area contributed by atoms with Crippen LogP contribution < -0.4 is 5.32 Å². The summed E-state index contributed by atoms with van der Waals surface area (Å²) in [7, 11) is 0. The Hall–Kier alpha value is -3.11. The van der Waals surface area contributed by atoms with Crippen molar-refractivity contribution >= 4 is 51.0 Å². The third kappa shape index (κ3) is 3.06. The van der Waals surface area contributed by atoms with Crippen molar-refractivity contribution in [2.24, 2.45) is 0 Å². The van der Waals surface area contributed by atoms with E-state index in [4.69, 9.17) is 4.42 Å². The summed E-state index contributed by atoms with van der Waals surface area (Å²) in [6.07, 6.45) is 2.10. The maximum Gasteiger partial charge on any atom is 0.293 e. The minimum Gasteiger partial charge on any atom is -0.459 e. The Labute approximate surface area is 167 Å². The molecule has 1 N–H and O–H groups in total. The van der Waals surface area contributed by atoms with Gasteiger partial charge < -0.3 is 9.32 Å². The van der Waals surface area contributed by atoms with E-state index in [0.717, 1.165) is 33.3 Å². The summed E-state index contributed by atoms with van der Waals surface area (Å²) in [6.45, 7) is 1.05. The van der Waals surface area contributed by atoms with Crippen LogP contribution >= 0.6 is 23.1 Å². The van der Waals surface area contributed by atoms with Crippen LogP contribution in [0.5, 0.6) is 0 Å². The number of benzene rings is 1. The third-order valence-corrected chi connectivity index (χ3v) is 6.04. The molecule has 0 aliphatic carbocycles. The second-order valence-electron chi connectivity index (χ2n) is 6.26. The summed E-state index contributed by atoms with van der Waals surface area (Å²) in [6, 6.07) is 8.63. The van der Waals surface area contributed by atoms with Gasteiger partial charge in [-0.05, 0) is 30.3 Å². The highest BCUT2D eigenvalue weighted by molar-refractivity contribution is 7.15. The first kappa shape index (κ1) is 17.0. The molecule has 0 saturated heterocycles. The van der Waals surface area contributed by atoms with Crippen molar-refractivity contribution in [2.45, 2.75) is 13.0 Å². The van der Waals surface area contributed by atoms with Crippen LogP contribution in [0.15, 0.2) is 41.0 Å². The molecule has 1 aliphatic heterocycles. The molecule has 5 rings (SSSR count). The van der Waals surface area contributed by atoms with Crippen molar-refractivity contribution in [3.05, 3.63) is 58.5 Å². The number of hydrogen-bond acceptors (Lipinski definition) is 8. The van der Waals surface area contributed by atoms with Gasteiger partial charge in [0.15, 0.2) is 10.9 Å². The molecule has 3 aromatic heterocycles. The van der Waals surface area contributed by atoms with Crippen LogP contribution in [-0.2, 0) is 13.0 Å². The summed E-state index contributed by atoms with van der Waals surface area (Å²) >= 11 is 2.52. The van der Waals surface area contributed by atoms with Gasteiger partial charge >= 0.3 is 0 Å². The zero-order chi connectivity index (χ0) is 19.1. The average Bonchev–Trinajstić information content (AvgIpc) is 3.45. The number of carbonyl (C=O) groups excluding carboxylic acids is 2. The van der Waals surface area contributed by atoms with Crippen LogP contribution in [-0.4, -0.2) is 37.0 Å². The number of aromatic nitrogens is 3. The molecule has 28 heavy (non-hydrogen) atoms. The Bertz CT molecular complexity index is 1180. The summed E-state index contributed by atoms with van der Waals surface area (Å²) in [5.74, 6) is -0.152. The minimum atomic E-state index is -0.339. The van der Waals surface area contributed by atoms with E-state index in [1.54, 1.807) is 29.2 Å². The topological polar surface area (TPSA) is 101 Å². The molecule has 4 aromatic rings. The molecule has 140 valence electrons. The van der Waals surface area contributed by atoms with Gasteiger partial charge in [0.25, 0.3) is 11.8 Å². The maximum atomic E-state index is 12.9. The molecule has 1 aliphatic rings. The van der Waals surface area contributed by atoms with Gasteiger partial charge in [0.2, 0.25) is 0 Å². The highest BCUT2D eigenvalue weighted by Gasteiger charge is 2.26. The van der Waals surface area contributed by atoms with Gasteiger partial charge in [-0.15, -0.1) is 0 Å². The summed E-state index contributed by atoms with van der Waals surface area (Å²) < 4.78 is 13.5. The van der Waals surface area contributed by atoms with Gasteiger partial charge in [-0.25, -0.2) is 4.98 Å². The molecule has 4 heterocycles. The van der Waals surface area contributed by atoms with Crippen molar-refractivity contribution in [3.8, 4) is 0 Å². The van der Waals surface area contributed by atoms with Crippen LogP contribution in [0, 0.1) is 0 Å². The van der Waals surface area contributed by atoms with E-state index in [0.29, 0.717) is 30.2 Å². The maximum absolute atomic E-state index is 12.9. The molecule has 0 fully saturated rings. The van der Waals surface area contributed by atoms with Crippen LogP contribution in [0.25, 0.3) is 11.0 Å². The van der Waals surface area contributed by atoms with E-state index in [1.807, 2.05) is 6.07 Å². The Morgan fingerprint density at radius 3 is 2.93 bits per heavy atom. The van der Waals surface area contributed by atoms with Gasteiger partial charge in [-0.1, -0.05) is 11.3 Å². The van der Waals surface area contributed by atoms with Crippen molar-refractivity contribution in [1.82, 2.24) is 18.6 Å². The molecule has 0 spiro atoms. The Kier molecular flexibility index (Phi) is 4.14. The number of carbonyl (C=O) groups is 2. The van der Waals surface area contributed by atoms with E-state index in [9.17, 15) is 9.59 Å². The van der Waals surface area contributed by atoms with E-state index in [1.165, 1.54) is 17.6 Å². The van der Waals surface area contributed by atoms with Crippen LogP contribution in [0.4, 0.5) is 5.13 Å². The van der Waals surface area contributed by atoms with Crippen LogP contribution in [0.2, 0.25) is 0 Å². The number of amides is 2. The van der Waals surface area contributed by atoms with Gasteiger partial charge in [0.05, 0.1) is 30.2 Å². The number of nitrogens with one attached hydrogen (secondary N) is 1. The number of nitrogens with zero attached hydrogens (tertiary/aromatic N) is 4. The molecule has 0 bridgehead atoms. The number of furan rings is 1. The minimum absolute atomic E-state index is 0.0462. The number of rotatable bonds is 3. The molecule has 8 nitrogen and oxygen atoms in total. The second-order valence-corrected chi connectivity index (χ2v) is 7.88. The summed E-state index contributed by atoms with van der Waals surface area (Å²) in [5, 5.41) is 3.26. The zero-order valence-electron chi connectivity index (χ0n) is 14.4. The molecule has 0 saturated carbocycles. The SMILES string of the molecule is O=C(Nc1nc2c(s1)CN(C(=O)c1ccc3nsnc3c1)CC2)c1ccco1. The standard InChI is InChI=1S/C18H13N5O3S2/c24-16(14-2-1-7-26-14)20-18-19-12-5-6-23(9-15(12)27-18)17(25)10-3-4-11-13(8-10)22-28-21-11/h1-4,7-8H,5-6,9H2,(H,19,20,24). The first-order chi connectivity index (χ1) is 13.7. The molecule has 10 heteroatoms. The quantitative estimate of drug-likeness (QED) is 0.556. The predicted octanol–water partition coefficient (Wildman–Crippen LogP) is 3.19. The van der Waals surface area contributed by atoms with Crippen molar-refractivity contribution in [3.63, 3.8) is 0 Å². The highest BCUT2D eigenvalue weighted by Crippen LogP contribution is 2.29. The van der Waals surface area contributed by atoms with Crippen molar-refractivity contribution in [1.29, 1.82) is 0 Å². The smallest absolute Gasteiger partial charge is 0.293 e. The van der Waals surface area contributed by atoms with Crippen molar-refractivity contribution < 1.29 is 14.0 Å². The molecular weight excluding hydrogens is 398 g/mol. The third-order valence-electron chi connectivity index (χ3n) is 4.48. The monoisotopic (exact) mass is 411 g/mol. The second kappa shape index (κ2) is 6.80. The normalized spacial score (nSPS) is 13.5. The Morgan fingerprint density at radius 2 is 2.07 bits per heavy atom. The molecule has 0 radical (unpaired) electrons. The van der Waals surface area contributed by atoms with E-state index >= 15 is 0 Å². The fourth-order valence-electron chi connectivity index (χ4n) is 3.09. The first-order valence-corrected chi connectivity index (χ1v) is 10.1. The zero-order valence-corrected chi connectivity index (χ0v) is 16.0. The number of thiazole rings is 1. The van der Waals surface area contributed by atoms with Crippen LogP contribution in [0.3, 0.4) is 0 Å². The summed E-state index contributed by atoms with van der Waals surface area (Å²) in [4.78, 5) is 32.3. The lowest BCUT2D eigenvalue weighted by Crippen LogP contribution is -2.35. The largest absolute Gasteiger partial charge is 0.459 e. The summed E-state index contributed by atoms with van der Waals surface area (Å²) in [5.41, 5.74) is 3.04. The molecule has 1 aromatic carbocycles. The van der Waals surface area contributed by atoms with E-state index in [-0.39, 0.29) is 17.6 Å². The van der Waals surface area contributed by atoms with Gasteiger partial charge in [0, 0.05) is 23.4 Å². The number of fused-ring (bicyclic) bond motifs is 2. The van der Waals surface area contributed by atoms with Gasteiger partial charge in [0.1, 0.15) is 11.0 Å². The highest BCUT2D eigenvalue weighted by atomic mass is 32.1.